The van der Waals surface area contributed by atoms with Gasteiger partial charge in [0.1, 0.15) is 19.7 Å². The van der Waals surface area contributed by atoms with E-state index in [1.165, 1.54) is 0 Å². The maximum atomic E-state index is 8.49. The van der Waals surface area contributed by atoms with Crippen LogP contribution in [-0.2, 0) is 9.47 Å². The van der Waals surface area contributed by atoms with E-state index in [0.29, 0.717) is 0 Å². The zero-order valence-electron chi connectivity index (χ0n) is 5.56. The minimum atomic E-state index is -0.558. The minimum absolute atomic E-state index is 0.0769. The largest absolute Gasteiger partial charge is 0.394 e. The summed E-state index contributed by atoms with van der Waals surface area (Å²) in [5, 5.41) is 24.9. The zero-order chi connectivity index (χ0) is 7.82. The van der Waals surface area contributed by atoms with E-state index in [2.05, 4.69) is 9.47 Å². The molecule has 0 bridgehead atoms. The molecular weight excluding hydrogens is 140 g/mol. The predicted molar refractivity (Wildman–Crippen MR) is 32.1 cm³/mol. The van der Waals surface area contributed by atoms with Crippen LogP contribution in [0.5, 0.6) is 0 Å². The number of rotatable bonds is 6. The Hall–Kier alpha value is -0.200. The van der Waals surface area contributed by atoms with Gasteiger partial charge in [0.05, 0.1) is 13.2 Å². The first-order chi connectivity index (χ1) is 4.85. The molecule has 0 aromatic carbocycles. The molecule has 0 aromatic rings. The predicted octanol–water partition coefficient (Wildman–Crippen LogP) is -1.72. The summed E-state index contributed by atoms with van der Waals surface area (Å²) >= 11 is 0. The van der Waals surface area contributed by atoms with Crippen LogP contribution in [0.3, 0.4) is 0 Å². The Kier molecular flexibility index (Phi) is 6.78. The molecule has 0 saturated carbocycles. The molecule has 5 nitrogen and oxygen atoms in total. The Morgan fingerprint density at radius 3 is 2.20 bits per heavy atom. The number of aliphatic hydroxyl groups excluding tert-OH is 3. The lowest BCUT2D eigenvalue weighted by atomic mass is 10.4. The molecule has 1 unspecified atom stereocenters. The molecule has 0 aliphatic carbocycles. The lowest BCUT2D eigenvalue weighted by molar-refractivity contribution is -0.116. The average molecular weight is 152 g/mol. The molecule has 0 aromatic heterocycles. The van der Waals surface area contributed by atoms with E-state index >= 15 is 0 Å². The van der Waals surface area contributed by atoms with Crippen LogP contribution in [-0.4, -0.2) is 48.2 Å². The molecule has 0 aliphatic rings. The first kappa shape index (κ1) is 9.80. The lowest BCUT2D eigenvalue weighted by Crippen LogP contribution is -2.24. The van der Waals surface area contributed by atoms with Crippen molar-refractivity contribution in [2.45, 2.75) is 6.10 Å². The van der Waals surface area contributed by atoms with Gasteiger partial charge in [0.25, 0.3) is 0 Å². The van der Waals surface area contributed by atoms with Crippen molar-refractivity contribution in [3.05, 3.63) is 0 Å². The summed E-state index contributed by atoms with van der Waals surface area (Å²) in [4.78, 5) is 0. The second kappa shape index (κ2) is 6.91. The summed E-state index contributed by atoms with van der Waals surface area (Å²) < 4.78 is 9.06. The van der Waals surface area contributed by atoms with Gasteiger partial charge < -0.3 is 24.8 Å². The highest BCUT2D eigenvalue weighted by atomic mass is 16.6. The van der Waals surface area contributed by atoms with Crippen molar-refractivity contribution in [1.82, 2.24) is 0 Å². The van der Waals surface area contributed by atoms with E-state index in [1.54, 1.807) is 0 Å². The van der Waals surface area contributed by atoms with Crippen molar-refractivity contribution >= 4 is 0 Å². The van der Waals surface area contributed by atoms with E-state index in [1.807, 2.05) is 0 Å². The second-order valence-corrected chi connectivity index (χ2v) is 1.60. The van der Waals surface area contributed by atoms with Crippen LogP contribution in [0.1, 0.15) is 0 Å². The molecule has 0 radical (unpaired) electrons. The van der Waals surface area contributed by atoms with Crippen molar-refractivity contribution < 1.29 is 24.8 Å². The van der Waals surface area contributed by atoms with Crippen LogP contribution < -0.4 is 0 Å². The van der Waals surface area contributed by atoms with Crippen molar-refractivity contribution in [3.8, 4) is 0 Å². The Morgan fingerprint density at radius 1 is 1.10 bits per heavy atom. The Bertz CT molecular complexity index is 67.1. The normalized spacial score (nSPS) is 13.5. The fourth-order valence-corrected chi connectivity index (χ4v) is 0.443. The summed E-state index contributed by atoms with van der Waals surface area (Å²) in [5.41, 5.74) is 0. The Balaban J connectivity index is 3.21. The van der Waals surface area contributed by atoms with E-state index in [-0.39, 0.29) is 13.2 Å². The van der Waals surface area contributed by atoms with Gasteiger partial charge in [-0.15, -0.1) is 0 Å². The standard InChI is InChI=1S/C5H12O5/c6-1-5(10-4-8)2-9-3-7/h5-8H,1-4H2. The van der Waals surface area contributed by atoms with Crippen LogP contribution in [0.25, 0.3) is 0 Å². The molecule has 0 spiro atoms. The molecule has 5 heteroatoms. The van der Waals surface area contributed by atoms with Gasteiger partial charge in [0.15, 0.2) is 0 Å². The topological polar surface area (TPSA) is 79.2 Å². The third kappa shape index (κ3) is 4.66. The quantitative estimate of drug-likeness (QED) is 0.394. The molecule has 0 aliphatic heterocycles. The summed E-state index contributed by atoms with van der Waals surface area (Å²) in [6.07, 6.45) is -0.558. The first-order valence-corrected chi connectivity index (χ1v) is 2.87. The maximum absolute atomic E-state index is 8.49. The Morgan fingerprint density at radius 2 is 1.80 bits per heavy atom. The van der Waals surface area contributed by atoms with Crippen LogP contribution in [0.2, 0.25) is 0 Å². The molecule has 3 N–H and O–H groups in total. The molecular formula is C5H12O5. The van der Waals surface area contributed by atoms with Crippen molar-refractivity contribution in [1.29, 1.82) is 0 Å². The molecule has 0 rings (SSSR count). The van der Waals surface area contributed by atoms with Gasteiger partial charge >= 0.3 is 0 Å². The van der Waals surface area contributed by atoms with Crippen LogP contribution in [0.15, 0.2) is 0 Å². The highest BCUT2D eigenvalue weighted by Gasteiger charge is 2.05. The zero-order valence-corrected chi connectivity index (χ0v) is 5.56. The molecule has 0 heterocycles. The maximum Gasteiger partial charge on any atom is 0.144 e. The molecule has 10 heavy (non-hydrogen) atoms. The van der Waals surface area contributed by atoms with Crippen LogP contribution >= 0.6 is 0 Å². The SMILES string of the molecule is OCOCC(CO)OCO. The highest BCUT2D eigenvalue weighted by Crippen LogP contribution is 1.89. The van der Waals surface area contributed by atoms with Gasteiger partial charge in [-0.05, 0) is 0 Å². The van der Waals surface area contributed by atoms with Crippen molar-refractivity contribution in [3.63, 3.8) is 0 Å². The fourth-order valence-electron chi connectivity index (χ4n) is 0.443. The number of ether oxygens (including phenoxy) is 2. The van der Waals surface area contributed by atoms with Gasteiger partial charge in [-0.3, -0.25) is 0 Å². The van der Waals surface area contributed by atoms with E-state index < -0.39 is 19.7 Å². The summed E-state index contributed by atoms with van der Waals surface area (Å²) in [7, 11) is 0. The van der Waals surface area contributed by atoms with Crippen LogP contribution in [0.4, 0.5) is 0 Å². The van der Waals surface area contributed by atoms with Gasteiger partial charge in [-0.2, -0.15) is 0 Å². The lowest BCUT2D eigenvalue weighted by Gasteiger charge is -2.11. The van der Waals surface area contributed by atoms with E-state index in [9.17, 15) is 0 Å². The average Bonchev–Trinajstić information content (AvgIpc) is 1.98. The van der Waals surface area contributed by atoms with Gasteiger partial charge in [-0.1, -0.05) is 0 Å². The highest BCUT2D eigenvalue weighted by molar-refractivity contribution is 4.50. The molecule has 0 fully saturated rings. The van der Waals surface area contributed by atoms with Gasteiger partial charge in [0.2, 0.25) is 0 Å². The monoisotopic (exact) mass is 152 g/mol. The summed E-state index contributed by atoms with van der Waals surface area (Å²) in [5.74, 6) is 0. The van der Waals surface area contributed by atoms with Crippen molar-refractivity contribution in [2.24, 2.45) is 0 Å². The third-order valence-electron chi connectivity index (χ3n) is 0.909. The number of hydrogen-bond acceptors (Lipinski definition) is 5. The number of hydrogen-bond donors (Lipinski definition) is 3. The third-order valence-corrected chi connectivity index (χ3v) is 0.909. The Labute approximate surface area is 58.8 Å². The van der Waals surface area contributed by atoms with Gasteiger partial charge in [-0.25, -0.2) is 0 Å². The molecule has 1 atom stereocenters. The molecule has 0 amide bonds. The first-order valence-electron chi connectivity index (χ1n) is 2.87. The number of aliphatic hydroxyl groups is 3. The second-order valence-electron chi connectivity index (χ2n) is 1.60. The smallest absolute Gasteiger partial charge is 0.144 e. The van der Waals surface area contributed by atoms with E-state index in [0.717, 1.165) is 0 Å². The van der Waals surface area contributed by atoms with Crippen LogP contribution in [0, 0.1) is 0 Å². The van der Waals surface area contributed by atoms with Crippen molar-refractivity contribution in [2.75, 3.05) is 26.8 Å². The summed E-state index contributed by atoms with van der Waals surface area (Å²) in [6.45, 7) is -1.03. The molecule has 0 saturated heterocycles. The summed E-state index contributed by atoms with van der Waals surface area (Å²) in [6, 6.07) is 0. The molecule has 62 valence electrons. The van der Waals surface area contributed by atoms with Gasteiger partial charge in [0, 0.05) is 0 Å². The van der Waals surface area contributed by atoms with E-state index in [4.69, 9.17) is 15.3 Å². The minimum Gasteiger partial charge on any atom is -0.394 e. The fraction of sp³-hybridized carbons (Fsp3) is 1.00.